The van der Waals surface area contributed by atoms with Gasteiger partial charge in [-0.05, 0) is 35.1 Å². The van der Waals surface area contributed by atoms with Crippen molar-refractivity contribution in [3.8, 4) is 11.5 Å². The molecule has 0 atom stereocenters. The second kappa shape index (κ2) is 10.5. The number of ether oxygens (including phenoxy) is 2. The van der Waals surface area contributed by atoms with Crippen LogP contribution in [0.2, 0.25) is 0 Å². The SMILES string of the molecule is C=CCc1ccc2c(OCc3ccccc3)c(CC=C)ccc2c1OCc1ccccc1. The summed E-state index contributed by atoms with van der Waals surface area (Å²) in [5.74, 6) is 1.78. The smallest absolute Gasteiger partial charge is 0.131 e. The Bertz CT molecular complexity index is 1100. The van der Waals surface area contributed by atoms with Gasteiger partial charge in [0.15, 0.2) is 0 Å². The number of hydrogen-bond donors (Lipinski definition) is 0. The van der Waals surface area contributed by atoms with E-state index in [0.29, 0.717) is 13.2 Å². The van der Waals surface area contributed by atoms with E-state index in [9.17, 15) is 0 Å². The summed E-state index contributed by atoms with van der Waals surface area (Å²) in [6.45, 7) is 8.87. The maximum atomic E-state index is 6.38. The summed E-state index contributed by atoms with van der Waals surface area (Å²) < 4.78 is 12.8. The minimum Gasteiger partial charge on any atom is -0.488 e. The topological polar surface area (TPSA) is 18.5 Å². The Hall–Kier alpha value is -3.78. The number of rotatable bonds is 10. The molecule has 0 amide bonds. The zero-order chi connectivity index (χ0) is 22.2. The lowest BCUT2D eigenvalue weighted by atomic mass is 9.98. The maximum Gasteiger partial charge on any atom is 0.131 e. The molecule has 2 nitrogen and oxygen atoms in total. The molecule has 0 heterocycles. The van der Waals surface area contributed by atoms with Crippen LogP contribution < -0.4 is 9.47 Å². The van der Waals surface area contributed by atoms with Gasteiger partial charge in [-0.2, -0.15) is 0 Å². The lowest BCUT2D eigenvalue weighted by Crippen LogP contribution is -2.02. The van der Waals surface area contributed by atoms with E-state index in [1.165, 1.54) is 0 Å². The Kier molecular flexibility index (Phi) is 7.04. The predicted octanol–water partition coefficient (Wildman–Crippen LogP) is 7.45. The summed E-state index contributed by atoms with van der Waals surface area (Å²) in [5, 5.41) is 2.10. The molecule has 0 aliphatic rings. The molecule has 0 radical (unpaired) electrons. The maximum absolute atomic E-state index is 6.38. The third-order valence-corrected chi connectivity index (χ3v) is 5.45. The van der Waals surface area contributed by atoms with Crippen LogP contribution in [0.15, 0.2) is 110 Å². The minimum absolute atomic E-state index is 0.513. The van der Waals surface area contributed by atoms with Gasteiger partial charge >= 0.3 is 0 Å². The molecular formula is C30H28O2. The molecule has 0 N–H and O–H groups in total. The van der Waals surface area contributed by atoms with Gasteiger partial charge in [-0.3, -0.25) is 0 Å². The molecule has 32 heavy (non-hydrogen) atoms. The average molecular weight is 421 g/mol. The van der Waals surface area contributed by atoms with Gasteiger partial charge in [0, 0.05) is 10.8 Å². The highest BCUT2D eigenvalue weighted by atomic mass is 16.5. The first kappa shape index (κ1) is 21.5. The first-order valence-corrected chi connectivity index (χ1v) is 10.9. The van der Waals surface area contributed by atoms with Crippen molar-refractivity contribution in [3.05, 3.63) is 132 Å². The lowest BCUT2D eigenvalue weighted by molar-refractivity contribution is 0.304. The predicted molar refractivity (Wildman–Crippen MR) is 133 cm³/mol. The van der Waals surface area contributed by atoms with Crippen LogP contribution in [-0.2, 0) is 26.1 Å². The monoisotopic (exact) mass is 420 g/mol. The van der Waals surface area contributed by atoms with E-state index in [1.54, 1.807) is 0 Å². The molecule has 0 saturated carbocycles. The molecule has 0 aromatic heterocycles. The summed E-state index contributed by atoms with van der Waals surface area (Å²) >= 11 is 0. The van der Waals surface area contributed by atoms with Crippen LogP contribution >= 0.6 is 0 Å². The second-order valence-electron chi connectivity index (χ2n) is 7.74. The van der Waals surface area contributed by atoms with E-state index < -0.39 is 0 Å². The fourth-order valence-corrected chi connectivity index (χ4v) is 3.87. The highest BCUT2D eigenvalue weighted by Crippen LogP contribution is 2.39. The van der Waals surface area contributed by atoms with Gasteiger partial charge in [0.25, 0.3) is 0 Å². The van der Waals surface area contributed by atoms with Crippen molar-refractivity contribution >= 4 is 10.8 Å². The summed E-state index contributed by atoms with van der Waals surface area (Å²) in [6.07, 6.45) is 5.31. The van der Waals surface area contributed by atoms with Crippen molar-refractivity contribution in [1.82, 2.24) is 0 Å². The van der Waals surface area contributed by atoms with Gasteiger partial charge in [0.1, 0.15) is 24.7 Å². The standard InChI is InChI=1S/C30H28O2/c1-3-11-25-17-19-28-27(29(25)31-21-23-13-7-5-8-14-23)20-18-26(12-4-2)30(28)32-22-24-15-9-6-10-16-24/h3-10,13-20H,1-2,11-12,21-22H2. The molecular weight excluding hydrogens is 392 g/mol. The molecule has 0 unspecified atom stereocenters. The fraction of sp³-hybridized carbons (Fsp3) is 0.133. The van der Waals surface area contributed by atoms with Crippen molar-refractivity contribution in [1.29, 1.82) is 0 Å². The van der Waals surface area contributed by atoms with Crippen molar-refractivity contribution in [2.45, 2.75) is 26.1 Å². The Morgan fingerprint density at radius 3 is 1.31 bits per heavy atom. The number of allylic oxidation sites excluding steroid dienone is 2. The molecule has 160 valence electrons. The highest BCUT2D eigenvalue weighted by molar-refractivity contribution is 5.95. The number of hydrogen-bond acceptors (Lipinski definition) is 2. The quantitative estimate of drug-likeness (QED) is 0.248. The molecule has 4 rings (SSSR count). The molecule has 0 aliphatic heterocycles. The van der Waals surface area contributed by atoms with Crippen LogP contribution in [0.3, 0.4) is 0 Å². The van der Waals surface area contributed by atoms with E-state index in [-0.39, 0.29) is 0 Å². The Labute approximate surface area is 190 Å². The number of benzene rings is 4. The van der Waals surface area contributed by atoms with Gasteiger partial charge in [0.2, 0.25) is 0 Å². The lowest BCUT2D eigenvalue weighted by Gasteiger charge is -2.18. The van der Waals surface area contributed by atoms with Crippen LogP contribution in [0.25, 0.3) is 10.8 Å². The normalized spacial score (nSPS) is 10.6. The van der Waals surface area contributed by atoms with Gasteiger partial charge < -0.3 is 9.47 Å². The zero-order valence-corrected chi connectivity index (χ0v) is 18.3. The summed E-state index contributed by atoms with van der Waals surface area (Å²) in [5.41, 5.74) is 4.51. The van der Waals surface area contributed by atoms with Crippen LogP contribution in [-0.4, -0.2) is 0 Å². The van der Waals surface area contributed by atoms with Gasteiger partial charge in [0.05, 0.1) is 0 Å². The van der Waals surface area contributed by atoms with Crippen LogP contribution in [0.4, 0.5) is 0 Å². The Morgan fingerprint density at radius 2 is 0.938 bits per heavy atom. The van der Waals surface area contributed by atoms with E-state index in [0.717, 1.165) is 57.4 Å². The molecule has 0 bridgehead atoms. The van der Waals surface area contributed by atoms with Crippen molar-refractivity contribution < 1.29 is 9.47 Å². The van der Waals surface area contributed by atoms with Crippen molar-refractivity contribution in [3.63, 3.8) is 0 Å². The molecule has 0 saturated heterocycles. The Morgan fingerprint density at radius 1 is 0.531 bits per heavy atom. The van der Waals surface area contributed by atoms with Crippen molar-refractivity contribution in [2.24, 2.45) is 0 Å². The highest BCUT2D eigenvalue weighted by Gasteiger charge is 2.15. The molecule has 2 heteroatoms. The minimum atomic E-state index is 0.513. The van der Waals surface area contributed by atoms with E-state index in [1.807, 2.05) is 48.6 Å². The third-order valence-electron chi connectivity index (χ3n) is 5.45. The summed E-state index contributed by atoms with van der Waals surface area (Å²) in [6, 6.07) is 29.0. The van der Waals surface area contributed by atoms with Gasteiger partial charge in [-0.15, -0.1) is 13.2 Å². The van der Waals surface area contributed by atoms with Gasteiger partial charge in [-0.1, -0.05) is 97.1 Å². The molecule has 4 aromatic rings. The number of fused-ring (bicyclic) bond motifs is 1. The van der Waals surface area contributed by atoms with E-state index in [2.05, 4.69) is 61.7 Å². The van der Waals surface area contributed by atoms with Crippen LogP contribution in [0.5, 0.6) is 11.5 Å². The van der Waals surface area contributed by atoms with E-state index >= 15 is 0 Å². The second-order valence-corrected chi connectivity index (χ2v) is 7.74. The third kappa shape index (κ3) is 4.92. The largest absolute Gasteiger partial charge is 0.488 e. The zero-order valence-electron chi connectivity index (χ0n) is 18.3. The average Bonchev–Trinajstić information content (AvgIpc) is 2.84. The summed E-state index contributed by atoms with van der Waals surface area (Å²) in [4.78, 5) is 0. The fourth-order valence-electron chi connectivity index (χ4n) is 3.87. The van der Waals surface area contributed by atoms with Crippen LogP contribution in [0.1, 0.15) is 22.3 Å². The first-order valence-electron chi connectivity index (χ1n) is 10.9. The molecule has 0 aliphatic carbocycles. The molecule has 4 aromatic carbocycles. The first-order chi connectivity index (χ1) is 15.8. The van der Waals surface area contributed by atoms with E-state index in [4.69, 9.17) is 9.47 Å². The van der Waals surface area contributed by atoms with Crippen LogP contribution in [0, 0.1) is 0 Å². The molecule has 0 fully saturated rings. The Balaban J connectivity index is 1.75. The summed E-state index contributed by atoms with van der Waals surface area (Å²) in [7, 11) is 0. The van der Waals surface area contributed by atoms with Crippen molar-refractivity contribution in [2.75, 3.05) is 0 Å². The van der Waals surface area contributed by atoms with Gasteiger partial charge in [-0.25, -0.2) is 0 Å². The molecule has 0 spiro atoms.